The van der Waals surface area contributed by atoms with Crippen LogP contribution < -0.4 is 0 Å². The number of nitrogens with zero attached hydrogens (tertiary/aromatic N) is 1. The molecule has 1 saturated carbocycles. The van der Waals surface area contributed by atoms with E-state index in [9.17, 15) is 4.79 Å². The van der Waals surface area contributed by atoms with E-state index in [0.29, 0.717) is 12.0 Å². The van der Waals surface area contributed by atoms with Gasteiger partial charge in [-0.2, -0.15) is 0 Å². The van der Waals surface area contributed by atoms with Gasteiger partial charge in [0.25, 0.3) is 5.91 Å². The van der Waals surface area contributed by atoms with Crippen LogP contribution in [0.2, 0.25) is 0 Å². The van der Waals surface area contributed by atoms with Gasteiger partial charge in [0.15, 0.2) is 0 Å². The third-order valence-electron chi connectivity index (χ3n) is 4.09. The van der Waals surface area contributed by atoms with Crippen molar-refractivity contribution < 1.29 is 4.79 Å². The molecule has 0 unspecified atom stereocenters. The molecule has 2 nitrogen and oxygen atoms in total. The van der Waals surface area contributed by atoms with Crippen LogP contribution in [0.3, 0.4) is 0 Å². The van der Waals surface area contributed by atoms with E-state index in [-0.39, 0.29) is 5.91 Å². The molecule has 1 amide bonds. The standard InChI is InChI=1S/C17H25NOS/c1-13(2)11-12-18(15-5-3-4-6-15)17(19)14-7-9-16(20)10-8-14/h7-10,13,15,20H,3-6,11-12H2,1-2H3. The maximum absolute atomic E-state index is 12.8. The maximum Gasteiger partial charge on any atom is 0.254 e. The molecule has 0 saturated heterocycles. The lowest BCUT2D eigenvalue weighted by Gasteiger charge is -2.30. The summed E-state index contributed by atoms with van der Waals surface area (Å²) in [6.45, 7) is 5.31. The summed E-state index contributed by atoms with van der Waals surface area (Å²) in [4.78, 5) is 15.8. The van der Waals surface area contributed by atoms with Crippen molar-refractivity contribution >= 4 is 18.5 Å². The first-order chi connectivity index (χ1) is 9.58. The van der Waals surface area contributed by atoms with Gasteiger partial charge in [0, 0.05) is 23.0 Å². The van der Waals surface area contributed by atoms with Crippen LogP contribution in [0.25, 0.3) is 0 Å². The highest BCUT2D eigenvalue weighted by Gasteiger charge is 2.27. The Kier molecular flexibility index (Phi) is 5.53. The van der Waals surface area contributed by atoms with E-state index in [1.165, 1.54) is 12.8 Å². The maximum atomic E-state index is 12.8. The molecule has 1 aliphatic rings. The summed E-state index contributed by atoms with van der Waals surface area (Å²) in [5.41, 5.74) is 0.790. The summed E-state index contributed by atoms with van der Waals surface area (Å²) < 4.78 is 0. The lowest BCUT2D eigenvalue weighted by atomic mass is 10.1. The van der Waals surface area contributed by atoms with Gasteiger partial charge in [0.1, 0.15) is 0 Å². The Labute approximate surface area is 128 Å². The predicted molar refractivity (Wildman–Crippen MR) is 86.4 cm³/mol. The SMILES string of the molecule is CC(C)CCN(C(=O)c1ccc(S)cc1)C1CCCC1. The molecule has 2 rings (SSSR count). The minimum Gasteiger partial charge on any atom is -0.336 e. The van der Waals surface area contributed by atoms with Gasteiger partial charge in [-0.3, -0.25) is 4.79 Å². The summed E-state index contributed by atoms with van der Waals surface area (Å²) >= 11 is 4.28. The fourth-order valence-electron chi connectivity index (χ4n) is 2.83. The Balaban J connectivity index is 2.11. The summed E-state index contributed by atoms with van der Waals surface area (Å²) in [7, 11) is 0. The summed E-state index contributed by atoms with van der Waals surface area (Å²) in [6.07, 6.45) is 5.91. The van der Waals surface area contributed by atoms with E-state index in [4.69, 9.17) is 0 Å². The molecule has 0 radical (unpaired) electrons. The van der Waals surface area contributed by atoms with E-state index in [2.05, 4.69) is 31.4 Å². The Bertz CT molecular complexity index is 435. The highest BCUT2D eigenvalue weighted by atomic mass is 32.1. The van der Waals surface area contributed by atoms with Crippen LogP contribution in [0.5, 0.6) is 0 Å². The van der Waals surface area contributed by atoms with Crippen molar-refractivity contribution in [3.05, 3.63) is 29.8 Å². The fraction of sp³-hybridized carbons (Fsp3) is 0.588. The number of carbonyl (C=O) groups is 1. The quantitative estimate of drug-likeness (QED) is 0.797. The third-order valence-corrected chi connectivity index (χ3v) is 4.39. The second-order valence-electron chi connectivity index (χ2n) is 6.17. The Morgan fingerprint density at radius 3 is 2.40 bits per heavy atom. The number of hydrogen-bond donors (Lipinski definition) is 1. The lowest BCUT2D eigenvalue weighted by Crippen LogP contribution is -2.40. The van der Waals surface area contributed by atoms with Gasteiger partial charge >= 0.3 is 0 Å². The first kappa shape index (κ1) is 15.4. The molecule has 3 heteroatoms. The average molecular weight is 291 g/mol. The van der Waals surface area contributed by atoms with Gasteiger partial charge in [-0.05, 0) is 49.4 Å². The molecule has 1 aromatic carbocycles. The van der Waals surface area contributed by atoms with Crippen LogP contribution in [0, 0.1) is 5.92 Å². The number of benzene rings is 1. The monoisotopic (exact) mass is 291 g/mol. The van der Waals surface area contributed by atoms with Crippen molar-refractivity contribution in [2.24, 2.45) is 5.92 Å². The van der Waals surface area contributed by atoms with Gasteiger partial charge in [0.2, 0.25) is 0 Å². The van der Waals surface area contributed by atoms with Crippen LogP contribution in [-0.4, -0.2) is 23.4 Å². The van der Waals surface area contributed by atoms with Gasteiger partial charge in [0.05, 0.1) is 0 Å². The number of carbonyl (C=O) groups excluding carboxylic acids is 1. The largest absolute Gasteiger partial charge is 0.336 e. The van der Waals surface area contributed by atoms with Gasteiger partial charge in [-0.1, -0.05) is 26.7 Å². The Morgan fingerprint density at radius 2 is 1.85 bits per heavy atom. The third kappa shape index (κ3) is 4.02. The summed E-state index contributed by atoms with van der Waals surface area (Å²) in [5.74, 6) is 0.817. The number of hydrogen-bond acceptors (Lipinski definition) is 2. The van der Waals surface area contributed by atoms with Crippen molar-refractivity contribution in [1.29, 1.82) is 0 Å². The van der Waals surface area contributed by atoms with Crippen LogP contribution in [0.1, 0.15) is 56.3 Å². The van der Waals surface area contributed by atoms with Crippen molar-refractivity contribution in [2.45, 2.75) is 56.9 Å². The van der Waals surface area contributed by atoms with E-state index in [1.807, 2.05) is 24.3 Å². The molecule has 0 aromatic heterocycles. The number of rotatable bonds is 5. The average Bonchev–Trinajstić information content (AvgIpc) is 2.93. The van der Waals surface area contributed by atoms with Gasteiger partial charge in [-0.15, -0.1) is 12.6 Å². The Morgan fingerprint density at radius 1 is 1.25 bits per heavy atom. The fourth-order valence-corrected chi connectivity index (χ4v) is 2.98. The summed E-state index contributed by atoms with van der Waals surface area (Å²) in [5, 5.41) is 0. The van der Waals surface area contributed by atoms with Crippen LogP contribution in [0.15, 0.2) is 29.2 Å². The van der Waals surface area contributed by atoms with Crippen molar-refractivity contribution in [1.82, 2.24) is 4.90 Å². The van der Waals surface area contributed by atoms with Crippen molar-refractivity contribution in [3.63, 3.8) is 0 Å². The van der Waals surface area contributed by atoms with Crippen LogP contribution in [-0.2, 0) is 0 Å². The van der Waals surface area contributed by atoms with E-state index in [1.54, 1.807) is 0 Å². The van der Waals surface area contributed by atoms with Gasteiger partial charge < -0.3 is 4.90 Å². The predicted octanol–water partition coefficient (Wildman–Crippen LogP) is 4.41. The molecular formula is C17H25NOS. The second-order valence-corrected chi connectivity index (χ2v) is 6.68. The molecule has 0 atom stereocenters. The number of thiol groups is 1. The first-order valence-corrected chi connectivity index (χ1v) is 8.12. The molecule has 20 heavy (non-hydrogen) atoms. The molecule has 1 fully saturated rings. The molecule has 0 heterocycles. The molecule has 0 aliphatic heterocycles. The zero-order chi connectivity index (χ0) is 14.5. The normalized spacial score (nSPS) is 15.8. The molecular weight excluding hydrogens is 266 g/mol. The highest BCUT2D eigenvalue weighted by molar-refractivity contribution is 7.80. The van der Waals surface area contributed by atoms with Crippen LogP contribution >= 0.6 is 12.6 Å². The Hall–Kier alpha value is -0.960. The topological polar surface area (TPSA) is 20.3 Å². The summed E-state index contributed by atoms with van der Waals surface area (Å²) in [6, 6.07) is 8.01. The number of amides is 1. The van der Waals surface area contributed by atoms with Crippen molar-refractivity contribution in [2.75, 3.05) is 6.54 Å². The second kappa shape index (κ2) is 7.16. The smallest absolute Gasteiger partial charge is 0.254 e. The van der Waals surface area contributed by atoms with Crippen LogP contribution in [0.4, 0.5) is 0 Å². The zero-order valence-electron chi connectivity index (χ0n) is 12.5. The zero-order valence-corrected chi connectivity index (χ0v) is 13.4. The van der Waals surface area contributed by atoms with Crippen molar-refractivity contribution in [3.8, 4) is 0 Å². The highest BCUT2D eigenvalue weighted by Crippen LogP contribution is 2.26. The molecule has 0 spiro atoms. The van der Waals surface area contributed by atoms with Gasteiger partial charge in [-0.25, -0.2) is 0 Å². The van der Waals surface area contributed by atoms with E-state index >= 15 is 0 Å². The molecule has 1 aromatic rings. The minimum atomic E-state index is 0.186. The molecule has 0 bridgehead atoms. The molecule has 0 N–H and O–H groups in total. The molecule has 110 valence electrons. The molecule has 1 aliphatic carbocycles. The van der Waals surface area contributed by atoms with E-state index < -0.39 is 0 Å². The first-order valence-electron chi connectivity index (χ1n) is 7.68. The lowest BCUT2D eigenvalue weighted by molar-refractivity contribution is 0.0672. The minimum absolute atomic E-state index is 0.186. The van der Waals surface area contributed by atoms with E-state index in [0.717, 1.165) is 36.3 Å².